The Morgan fingerprint density at radius 2 is 1.86 bits per heavy atom. The van der Waals surface area contributed by atoms with Crippen molar-refractivity contribution in [2.45, 2.75) is 83.2 Å². The van der Waals surface area contributed by atoms with Crippen LogP contribution < -0.4 is 5.32 Å². The molecule has 1 aromatic rings. The van der Waals surface area contributed by atoms with Crippen molar-refractivity contribution in [2.24, 2.45) is 5.92 Å². The summed E-state index contributed by atoms with van der Waals surface area (Å²) in [7, 11) is 1.74. The van der Waals surface area contributed by atoms with E-state index in [1.54, 1.807) is 16.8 Å². The Hall–Kier alpha value is -2.81. The number of hydrogen-bond donors (Lipinski definition) is 1. The van der Waals surface area contributed by atoms with Crippen LogP contribution in [0.5, 0.6) is 0 Å². The molecule has 3 fully saturated rings. The van der Waals surface area contributed by atoms with E-state index >= 15 is 0 Å². The van der Waals surface area contributed by atoms with Crippen molar-refractivity contribution in [1.82, 2.24) is 20.2 Å². The molecule has 4 atom stereocenters. The zero-order chi connectivity index (χ0) is 25.2. The van der Waals surface area contributed by atoms with Gasteiger partial charge in [-0.25, -0.2) is 9.59 Å². The van der Waals surface area contributed by atoms with Gasteiger partial charge in [-0.1, -0.05) is 36.8 Å². The summed E-state index contributed by atoms with van der Waals surface area (Å²) in [5.41, 5.74) is 0.448. The second-order valence-electron chi connectivity index (χ2n) is 10.9. The topological polar surface area (TPSA) is 91.4 Å². The second-order valence-corrected chi connectivity index (χ2v) is 10.9. The zero-order valence-corrected chi connectivity index (χ0v) is 21.2. The minimum absolute atomic E-state index is 0.0201. The van der Waals surface area contributed by atoms with Crippen molar-refractivity contribution in [2.75, 3.05) is 20.1 Å². The van der Waals surface area contributed by atoms with Gasteiger partial charge in [0, 0.05) is 26.2 Å². The maximum atomic E-state index is 13.3. The fourth-order valence-corrected chi connectivity index (χ4v) is 5.28. The van der Waals surface area contributed by atoms with E-state index < -0.39 is 11.6 Å². The van der Waals surface area contributed by atoms with E-state index in [0.717, 1.165) is 31.2 Å². The molecule has 2 heterocycles. The molecule has 2 saturated heterocycles. The maximum absolute atomic E-state index is 13.3. The number of urea groups is 1. The number of benzene rings is 1. The highest BCUT2D eigenvalue weighted by molar-refractivity contribution is 5.88. The molecule has 35 heavy (non-hydrogen) atoms. The summed E-state index contributed by atoms with van der Waals surface area (Å²) in [5, 5.41) is 4.65. The van der Waals surface area contributed by atoms with E-state index in [4.69, 9.17) is 9.57 Å². The first kappa shape index (κ1) is 25.3. The van der Waals surface area contributed by atoms with E-state index in [1.165, 1.54) is 5.06 Å². The quantitative estimate of drug-likeness (QED) is 0.637. The van der Waals surface area contributed by atoms with Crippen molar-refractivity contribution in [3.8, 4) is 0 Å². The van der Waals surface area contributed by atoms with Crippen LogP contribution >= 0.6 is 0 Å². The van der Waals surface area contributed by atoms with Crippen molar-refractivity contribution in [1.29, 1.82) is 0 Å². The molecule has 0 aromatic heterocycles. The first-order valence-electron chi connectivity index (χ1n) is 12.6. The molecule has 0 spiro atoms. The predicted octanol–water partition coefficient (Wildman–Crippen LogP) is 3.54. The number of rotatable bonds is 7. The third-order valence-electron chi connectivity index (χ3n) is 7.04. The Morgan fingerprint density at radius 3 is 2.57 bits per heavy atom. The minimum Gasteiger partial charge on any atom is -0.444 e. The van der Waals surface area contributed by atoms with Crippen LogP contribution in [0.25, 0.3) is 0 Å². The number of carbonyl (C=O) groups excluding carboxylic acids is 3. The number of hydroxylamine groups is 2. The lowest BCUT2D eigenvalue weighted by Gasteiger charge is -2.32. The summed E-state index contributed by atoms with van der Waals surface area (Å²) in [6, 6.07) is 8.96. The molecule has 192 valence electrons. The third-order valence-corrected chi connectivity index (χ3v) is 7.04. The van der Waals surface area contributed by atoms with E-state index in [2.05, 4.69) is 5.32 Å². The van der Waals surface area contributed by atoms with Gasteiger partial charge in [-0.05, 0) is 57.9 Å². The predicted molar refractivity (Wildman–Crippen MR) is 130 cm³/mol. The number of amides is 4. The monoisotopic (exact) mass is 486 g/mol. The molecule has 1 aliphatic carbocycles. The summed E-state index contributed by atoms with van der Waals surface area (Å²) in [4.78, 5) is 47.8. The van der Waals surface area contributed by atoms with Crippen LogP contribution in [0, 0.1) is 5.92 Å². The van der Waals surface area contributed by atoms with Gasteiger partial charge in [0.05, 0.1) is 6.04 Å². The number of ether oxygens (including phenoxy) is 1. The van der Waals surface area contributed by atoms with E-state index in [1.807, 2.05) is 51.1 Å². The van der Waals surface area contributed by atoms with Gasteiger partial charge in [-0.15, -0.1) is 0 Å². The van der Waals surface area contributed by atoms with Gasteiger partial charge >= 0.3 is 12.1 Å². The van der Waals surface area contributed by atoms with Crippen LogP contribution in [0.2, 0.25) is 0 Å². The lowest BCUT2D eigenvalue weighted by atomic mass is 9.98. The second kappa shape index (κ2) is 10.4. The molecule has 3 aliphatic rings. The fraction of sp³-hybridized carbons (Fsp3) is 0.654. The molecule has 1 saturated carbocycles. The van der Waals surface area contributed by atoms with E-state index in [-0.39, 0.29) is 36.0 Å². The molecule has 2 unspecified atom stereocenters. The van der Waals surface area contributed by atoms with Gasteiger partial charge in [0.1, 0.15) is 18.2 Å². The van der Waals surface area contributed by atoms with Gasteiger partial charge < -0.3 is 19.9 Å². The number of piperidine rings is 1. The van der Waals surface area contributed by atoms with Crippen LogP contribution in [0.3, 0.4) is 0 Å². The average Bonchev–Trinajstić information content (AvgIpc) is 3.33. The molecule has 9 nitrogen and oxygen atoms in total. The average molecular weight is 487 g/mol. The lowest BCUT2D eigenvalue weighted by Crippen LogP contribution is -2.53. The van der Waals surface area contributed by atoms with Crippen LogP contribution in [0.4, 0.5) is 9.59 Å². The van der Waals surface area contributed by atoms with Gasteiger partial charge in [-0.2, -0.15) is 5.06 Å². The molecule has 2 aliphatic heterocycles. The Bertz CT molecular complexity index is 918. The number of nitrogens with one attached hydrogen (secondary N) is 1. The Balaban J connectivity index is 1.31. The highest BCUT2D eigenvalue weighted by atomic mass is 16.7. The Kier molecular flexibility index (Phi) is 7.54. The van der Waals surface area contributed by atoms with E-state index in [0.29, 0.717) is 26.1 Å². The highest BCUT2D eigenvalue weighted by Crippen LogP contribution is 2.32. The van der Waals surface area contributed by atoms with Crippen molar-refractivity contribution in [3.63, 3.8) is 0 Å². The number of fused-ring (bicyclic) bond motifs is 2. The van der Waals surface area contributed by atoms with Crippen molar-refractivity contribution >= 4 is 18.0 Å². The molecule has 1 aromatic carbocycles. The maximum Gasteiger partial charge on any atom is 0.410 e. The van der Waals surface area contributed by atoms with Crippen LogP contribution in [0.15, 0.2) is 30.3 Å². The summed E-state index contributed by atoms with van der Waals surface area (Å²) >= 11 is 0. The standard InChI is InChI=1S/C26H38N4O5/c1-26(2,3)35-25(33)28(4)15-19-11-8-12-21(19)27-23(31)22-14-13-20-16-29(22)24(32)30(20)34-17-18-9-6-5-7-10-18/h5-7,9-10,19-22H,8,11-17H2,1-4H3,(H,27,31)/t19?,20-,21?,22+/m1/s1. The molecule has 2 bridgehead atoms. The summed E-state index contributed by atoms with van der Waals surface area (Å²) < 4.78 is 5.46. The summed E-state index contributed by atoms with van der Waals surface area (Å²) in [5.74, 6) is 0.0475. The number of carbonyl (C=O) groups is 3. The van der Waals surface area contributed by atoms with Crippen molar-refractivity contribution < 1.29 is 24.0 Å². The van der Waals surface area contributed by atoms with Crippen LogP contribution in [-0.4, -0.2) is 76.8 Å². The fourth-order valence-electron chi connectivity index (χ4n) is 5.28. The smallest absolute Gasteiger partial charge is 0.410 e. The van der Waals surface area contributed by atoms with Gasteiger partial charge in [0.15, 0.2) is 0 Å². The Morgan fingerprint density at radius 1 is 1.11 bits per heavy atom. The molecule has 1 N–H and O–H groups in total. The normalized spacial score (nSPS) is 26.1. The largest absolute Gasteiger partial charge is 0.444 e. The van der Waals surface area contributed by atoms with Gasteiger partial charge in [0.2, 0.25) is 5.91 Å². The number of hydrogen-bond acceptors (Lipinski definition) is 5. The lowest BCUT2D eigenvalue weighted by molar-refractivity contribution is -0.140. The zero-order valence-electron chi connectivity index (χ0n) is 21.2. The molecule has 4 rings (SSSR count). The van der Waals surface area contributed by atoms with E-state index in [9.17, 15) is 14.4 Å². The summed E-state index contributed by atoms with van der Waals surface area (Å²) in [6.07, 6.45) is 3.79. The first-order chi connectivity index (χ1) is 16.6. The molecular formula is C26H38N4O5. The van der Waals surface area contributed by atoms with Crippen LogP contribution in [0.1, 0.15) is 58.4 Å². The number of nitrogens with zero attached hydrogens (tertiary/aromatic N) is 3. The first-order valence-corrected chi connectivity index (χ1v) is 12.6. The highest BCUT2D eigenvalue weighted by Gasteiger charge is 2.48. The molecule has 9 heteroatoms. The van der Waals surface area contributed by atoms with Crippen molar-refractivity contribution in [3.05, 3.63) is 35.9 Å². The van der Waals surface area contributed by atoms with Crippen LogP contribution in [-0.2, 0) is 21.0 Å². The Labute approximate surface area is 207 Å². The molecule has 4 amide bonds. The van der Waals surface area contributed by atoms with Gasteiger partial charge in [-0.3, -0.25) is 9.63 Å². The third kappa shape index (κ3) is 6.07. The molecular weight excluding hydrogens is 448 g/mol. The SMILES string of the molecule is CN(CC1CCCC1NC(=O)[C@@H]1CC[C@@H]2CN1C(=O)N2OCc1ccccc1)C(=O)OC(C)(C)C. The van der Waals surface area contributed by atoms with Gasteiger partial charge in [0.25, 0.3) is 0 Å². The summed E-state index contributed by atoms with van der Waals surface area (Å²) in [6.45, 7) is 6.89. The molecule has 0 radical (unpaired) electrons. The minimum atomic E-state index is -0.547.